The number of nitrogens with zero attached hydrogens (tertiary/aromatic N) is 2. The van der Waals surface area contributed by atoms with Crippen LogP contribution in [0.3, 0.4) is 0 Å². The van der Waals surface area contributed by atoms with Crippen LogP contribution in [-0.2, 0) is 11.3 Å². The smallest absolute Gasteiger partial charge is 0.244 e. The number of hydrogen-bond donors (Lipinski definition) is 0. The van der Waals surface area contributed by atoms with Gasteiger partial charge in [-0.15, -0.1) is 0 Å². The third-order valence-corrected chi connectivity index (χ3v) is 5.08. The predicted octanol–water partition coefficient (Wildman–Crippen LogP) is 3.21. The van der Waals surface area contributed by atoms with Gasteiger partial charge in [-0.05, 0) is 43.1 Å². The highest BCUT2D eigenvalue weighted by molar-refractivity contribution is 5.83. The van der Waals surface area contributed by atoms with Gasteiger partial charge in [-0.1, -0.05) is 36.4 Å². The van der Waals surface area contributed by atoms with Crippen molar-refractivity contribution in [1.82, 2.24) is 9.80 Å². The molecule has 2 aliphatic heterocycles. The molecule has 4 rings (SSSR count). The zero-order valence-corrected chi connectivity index (χ0v) is 15.1. The van der Waals surface area contributed by atoms with Crippen LogP contribution in [0.4, 0.5) is 0 Å². The van der Waals surface area contributed by atoms with Crippen molar-refractivity contribution in [3.05, 3.63) is 59.7 Å². The number of carbonyl (C=O) groups excluding carboxylic acids is 1. The molecule has 1 atom stereocenters. The van der Waals surface area contributed by atoms with Gasteiger partial charge in [-0.25, -0.2) is 0 Å². The molecule has 2 aliphatic rings. The summed E-state index contributed by atoms with van der Waals surface area (Å²) in [4.78, 5) is 17.3. The zero-order valence-electron chi connectivity index (χ0n) is 15.1. The number of amides is 1. The van der Waals surface area contributed by atoms with Gasteiger partial charge < -0.3 is 14.4 Å². The largest absolute Gasteiger partial charge is 0.454 e. The van der Waals surface area contributed by atoms with Crippen LogP contribution in [0.1, 0.15) is 30.0 Å². The number of hydrogen-bond acceptors (Lipinski definition) is 4. The van der Waals surface area contributed by atoms with Crippen molar-refractivity contribution in [3.63, 3.8) is 0 Å². The minimum atomic E-state index is -0.278. The summed E-state index contributed by atoms with van der Waals surface area (Å²) >= 11 is 0. The molecule has 2 aromatic rings. The van der Waals surface area contributed by atoms with Crippen LogP contribution in [0.15, 0.2) is 48.5 Å². The summed E-state index contributed by atoms with van der Waals surface area (Å²) in [6, 6.07) is 15.7. The van der Waals surface area contributed by atoms with E-state index in [-0.39, 0.29) is 18.7 Å². The Labute approximate surface area is 154 Å². The Morgan fingerprint density at radius 3 is 2.58 bits per heavy atom. The molecule has 0 aromatic heterocycles. The minimum absolute atomic E-state index is 0.192. The van der Waals surface area contributed by atoms with E-state index < -0.39 is 0 Å². The summed E-state index contributed by atoms with van der Waals surface area (Å²) in [6.07, 6.45) is 2.19. The number of carbonyl (C=O) groups is 1. The average Bonchev–Trinajstić information content (AvgIpc) is 3.34. The maximum absolute atomic E-state index is 13.2. The van der Waals surface area contributed by atoms with Gasteiger partial charge in [0.25, 0.3) is 0 Å². The first-order valence-corrected chi connectivity index (χ1v) is 9.15. The van der Waals surface area contributed by atoms with Crippen molar-refractivity contribution in [2.45, 2.75) is 25.4 Å². The van der Waals surface area contributed by atoms with E-state index in [4.69, 9.17) is 9.47 Å². The number of benzene rings is 2. The number of rotatable bonds is 5. The van der Waals surface area contributed by atoms with E-state index in [1.807, 2.05) is 60.5 Å². The van der Waals surface area contributed by atoms with Crippen LogP contribution < -0.4 is 9.47 Å². The quantitative estimate of drug-likeness (QED) is 0.829. The summed E-state index contributed by atoms with van der Waals surface area (Å²) in [5, 5.41) is 0. The minimum Gasteiger partial charge on any atom is -0.454 e. The molecule has 26 heavy (non-hydrogen) atoms. The van der Waals surface area contributed by atoms with E-state index in [1.54, 1.807) is 0 Å². The number of likely N-dealkylation sites (N-methyl/N-ethyl adjacent to an activating group) is 1. The SMILES string of the molecule is CN(Cc1ccc2c(c1)OCO2)[C@H](C(=O)N1CCCC1)c1ccccc1. The Morgan fingerprint density at radius 1 is 1.08 bits per heavy atom. The summed E-state index contributed by atoms with van der Waals surface area (Å²) in [5.41, 5.74) is 2.14. The van der Waals surface area contributed by atoms with Crippen LogP contribution in [0, 0.1) is 0 Å². The standard InChI is InChI=1S/C21H24N2O3/c1-22(14-16-9-10-18-19(13-16)26-15-25-18)20(17-7-3-2-4-8-17)21(24)23-11-5-6-12-23/h2-4,7-10,13,20H,5-6,11-12,14-15H2,1H3/t20-/m0/s1. The molecule has 1 fully saturated rings. The molecule has 0 N–H and O–H groups in total. The summed E-state index contributed by atoms with van der Waals surface area (Å²) in [7, 11) is 2.01. The Balaban J connectivity index is 1.57. The van der Waals surface area contributed by atoms with E-state index >= 15 is 0 Å². The fraction of sp³-hybridized carbons (Fsp3) is 0.381. The summed E-state index contributed by atoms with van der Waals surface area (Å²) in [6.45, 7) is 2.66. The van der Waals surface area contributed by atoms with Crippen LogP contribution in [0.5, 0.6) is 11.5 Å². The second-order valence-corrected chi connectivity index (χ2v) is 6.95. The van der Waals surface area contributed by atoms with Crippen LogP contribution >= 0.6 is 0 Å². The fourth-order valence-corrected chi connectivity index (χ4v) is 3.75. The zero-order chi connectivity index (χ0) is 17.9. The molecule has 0 unspecified atom stereocenters. The molecule has 0 bridgehead atoms. The van der Waals surface area contributed by atoms with Crippen molar-refractivity contribution in [2.75, 3.05) is 26.9 Å². The fourth-order valence-electron chi connectivity index (χ4n) is 3.75. The topological polar surface area (TPSA) is 42.0 Å². The van der Waals surface area contributed by atoms with Crippen molar-refractivity contribution in [2.24, 2.45) is 0 Å². The molecule has 5 nitrogen and oxygen atoms in total. The molecule has 0 spiro atoms. The van der Waals surface area contributed by atoms with Gasteiger partial charge in [0.2, 0.25) is 12.7 Å². The second kappa shape index (κ2) is 7.38. The molecule has 136 valence electrons. The molecule has 1 saturated heterocycles. The lowest BCUT2D eigenvalue weighted by atomic mass is 10.0. The Hall–Kier alpha value is -2.53. The molecule has 0 saturated carbocycles. The average molecular weight is 352 g/mol. The van der Waals surface area contributed by atoms with Gasteiger partial charge in [0.05, 0.1) is 0 Å². The first kappa shape index (κ1) is 16.9. The Bertz CT molecular complexity index is 772. The molecular formula is C21H24N2O3. The first-order valence-electron chi connectivity index (χ1n) is 9.15. The van der Waals surface area contributed by atoms with E-state index in [1.165, 1.54) is 0 Å². The number of likely N-dealkylation sites (tertiary alicyclic amines) is 1. The molecule has 0 aliphatic carbocycles. The maximum Gasteiger partial charge on any atom is 0.244 e. The Morgan fingerprint density at radius 2 is 1.81 bits per heavy atom. The number of ether oxygens (including phenoxy) is 2. The molecule has 2 heterocycles. The van der Waals surface area contributed by atoms with Crippen molar-refractivity contribution in [3.8, 4) is 11.5 Å². The lowest BCUT2D eigenvalue weighted by molar-refractivity contribution is -0.136. The highest BCUT2D eigenvalue weighted by atomic mass is 16.7. The molecule has 1 amide bonds. The van der Waals surface area contributed by atoms with Crippen molar-refractivity contribution >= 4 is 5.91 Å². The molecular weight excluding hydrogens is 328 g/mol. The second-order valence-electron chi connectivity index (χ2n) is 6.95. The lowest BCUT2D eigenvalue weighted by Gasteiger charge is -2.31. The van der Waals surface area contributed by atoms with Gasteiger partial charge >= 0.3 is 0 Å². The summed E-state index contributed by atoms with van der Waals surface area (Å²) in [5.74, 6) is 1.75. The van der Waals surface area contributed by atoms with Crippen molar-refractivity contribution in [1.29, 1.82) is 0 Å². The van der Waals surface area contributed by atoms with E-state index in [9.17, 15) is 4.79 Å². The van der Waals surface area contributed by atoms with Gasteiger partial charge in [0.15, 0.2) is 11.5 Å². The third-order valence-electron chi connectivity index (χ3n) is 5.08. The summed E-state index contributed by atoms with van der Waals surface area (Å²) < 4.78 is 10.9. The van der Waals surface area contributed by atoms with Gasteiger partial charge in [-0.2, -0.15) is 0 Å². The van der Waals surface area contributed by atoms with E-state index in [0.717, 1.165) is 48.6 Å². The first-order chi connectivity index (χ1) is 12.7. The van der Waals surface area contributed by atoms with Gasteiger partial charge in [0, 0.05) is 19.6 Å². The highest BCUT2D eigenvalue weighted by Gasteiger charge is 2.31. The highest BCUT2D eigenvalue weighted by Crippen LogP contribution is 2.33. The molecule has 0 radical (unpaired) electrons. The van der Waals surface area contributed by atoms with Crippen molar-refractivity contribution < 1.29 is 14.3 Å². The lowest BCUT2D eigenvalue weighted by Crippen LogP contribution is -2.40. The Kier molecular flexibility index (Phi) is 4.80. The van der Waals surface area contributed by atoms with Gasteiger partial charge in [0.1, 0.15) is 6.04 Å². The maximum atomic E-state index is 13.2. The predicted molar refractivity (Wildman–Crippen MR) is 99.0 cm³/mol. The molecule has 5 heteroatoms. The van der Waals surface area contributed by atoms with Crippen LogP contribution in [0.25, 0.3) is 0 Å². The monoisotopic (exact) mass is 352 g/mol. The van der Waals surface area contributed by atoms with E-state index in [2.05, 4.69) is 4.90 Å². The van der Waals surface area contributed by atoms with Crippen LogP contribution in [0.2, 0.25) is 0 Å². The van der Waals surface area contributed by atoms with Gasteiger partial charge in [-0.3, -0.25) is 9.69 Å². The molecule has 2 aromatic carbocycles. The normalized spacial score (nSPS) is 16.9. The van der Waals surface area contributed by atoms with E-state index in [0.29, 0.717) is 6.54 Å². The number of fused-ring (bicyclic) bond motifs is 1. The van der Waals surface area contributed by atoms with Crippen LogP contribution in [-0.4, -0.2) is 42.6 Å². The third kappa shape index (κ3) is 3.40.